The molecule has 8 nitrogen and oxygen atoms in total. The fourth-order valence-electron chi connectivity index (χ4n) is 4.94. The van der Waals surface area contributed by atoms with E-state index in [0.29, 0.717) is 28.0 Å². The smallest absolute Gasteiger partial charge is 0.325 e. The number of carbonyl (C=O) groups excluding carboxylic acids is 3. The number of Topliss-reactive ketones (excluding diaryl/α,β-unsaturated/α-hetero) is 1. The Morgan fingerprint density at radius 3 is 2.60 bits per heavy atom. The van der Waals surface area contributed by atoms with Gasteiger partial charge in [0.15, 0.2) is 5.78 Å². The number of ether oxygens (including phenoxy) is 1. The first-order valence-electron chi connectivity index (χ1n) is 12.1. The van der Waals surface area contributed by atoms with Gasteiger partial charge in [0.05, 0.1) is 30.5 Å². The van der Waals surface area contributed by atoms with Crippen LogP contribution in [0.4, 0.5) is 0 Å². The highest BCUT2D eigenvalue weighted by Gasteiger charge is 2.27. The zero-order valence-electron chi connectivity index (χ0n) is 20.3. The molecule has 2 heterocycles. The molecule has 1 saturated carbocycles. The Kier molecular flexibility index (Phi) is 7.60. The molecule has 1 amide bonds. The molecule has 2 aromatic heterocycles. The summed E-state index contributed by atoms with van der Waals surface area (Å²) in [6.07, 6.45) is 8.09. The van der Waals surface area contributed by atoms with Crippen LogP contribution in [0.1, 0.15) is 77.9 Å². The first-order valence-corrected chi connectivity index (χ1v) is 12.4. The van der Waals surface area contributed by atoms with Crippen LogP contribution in [0.15, 0.2) is 30.6 Å². The number of benzene rings is 1. The van der Waals surface area contributed by atoms with Gasteiger partial charge < -0.3 is 14.6 Å². The molecule has 0 saturated heterocycles. The van der Waals surface area contributed by atoms with Crippen LogP contribution in [0.2, 0.25) is 5.02 Å². The minimum atomic E-state index is -0.393. The average Bonchev–Trinajstić information content (AvgIpc) is 3.40. The third-order valence-corrected chi connectivity index (χ3v) is 7.05. The summed E-state index contributed by atoms with van der Waals surface area (Å²) >= 11 is 6.19. The predicted octanol–water partition coefficient (Wildman–Crippen LogP) is 4.87. The van der Waals surface area contributed by atoms with Crippen molar-refractivity contribution in [1.29, 1.82) is 0 Å². The molecule has 1 aliphatic carbocycles. The highest BCUT2D eigenvalue weighted by Crippen LogP contribution is 2.31. The highest BCUT2D eigenvalue weighted by atomic mass is 35.5. The molecule has 0 radical (unpaired) electrons. The van der Waals surface area contributed by atoms with E-state index in [0.717, 1.165) is 43.3 Å². The number of nitrogens with one attached hydrogen (secondary N) is 1. The summed E-state index contributed by atoms with van der Waals surface area (Å²) in [5, 5.41) is 8.89. The lowest BCUT2D eigenvalue weighted by atomic mass is 9.90. The summed E-state index contributed by atoms with van der Waals surface area (Å²) in [4.78, 5) is 37.4. The minimum absolute atomic E-state index is 0.0129. The van der Waals surface area contributed by atoms with E-state index in [2.05, 4.69) is 10.4 Å². The lowest BCUT2D eigenvalue weighted by molar-refractivity contribution is -0.141. The first kappa shape index (κ1) is 25.0. The van der Waals surface area contributed by atoms with Crippen molar-refractivity contribution < 1.29 is 19.1 Å². The maximum atomic E-state index is 13.2. The second-order valence-corrected chi connectivity index (χ2v) is 9.59. The molecule has 35 heavy (non-hydrogen) atoms. The van der Waals surface area contributed by atoms with Gasteiger partial charge in [-0.1, -0.05) is 18.5 Å². The summed E-state index contributed by atoms with van der Waals surface area (Å²) in [5.74, 6) is -0.439. The molecule has 0 bridgehead atoms. The number of methoxy groups -OCH3 is 1. The number of esters is 1. The fourth-order valence-corrected chi connectivity index (χ4v) is 5.11. The quantitative estimate of drug-likeness (QED) is 0.353. The van der Waals surface area contributed by atoms with Gasteiger partial charge in [0.25, 0.3) is 5.91 Å². The number of aromatic nitrogens is 3. The van der Waals surface area contributed by atoms with Crippen LogP contribution in [0.3, 0.4) is 0 Å². The molecular formula is C26H31ClN4O4. The van der Waals surface area contributed by atoms with Gasteiger partial charge in [-0.15, -0.1) is 0 Å². The Labute approximate surface area is 209 Å². The van der Waals surface area contributed by atoms with Crippen molar-refractivity contribution in [2.45, 2.75) is 71.0 Å². The molecule has 1 aromatic carbocycles. The summed E-state index contributed by atoms with van der Waals surface area (Å²) in [5.41, 5.74) is 2.86. The third kappa shape index (κ3) is 5.27. The third-order valence-electron chi connectivity index (χ3n) is 6.81. The van der Waals surface area contributed by atoms with Gasteiger partial charge in [0, 0.05) is 40.3 Å². The van der Waals surface area contributed by atoms with E-state index in [1.807, 2.05) is 18.5 Å². The molecule has 1 aliphatic rings. The molecule has 0 aliphatic heterocycles. The predicted molar refractivity (Wildman–Crippen MR) is 134 cm³/mol. The number of halogens is 1. The molecule has 1 N–H and O–H groups in total. The Balaban J connectivity index is 1.44. The van der Waals surface area contributed by atoms with E-state index in [1.165, 1.54) is 7.11 Å². The van der Waals surface area contributed by atoms with Gasteiger partial charge in [-0.3, -0.25) is 19.1 Å². The van der Waals surface area contributed by atoms with E-state index in [4.69, 9.17) is 16.3 Å². The van der Waals surface area contributed by atoms with Crippen molar-refractivity contribution in [2.24, 2.45) is 0 Å². The molecule has 0 atom stereocenters. The lowest BCUT2D eigenvalue weighted by Crippen LogP contribution is -2.38. The number of carbonyl (C=O) groups is 3. The van der Waals surface area contributed by atoms with Gasteiger partial charge >= 0.3 is 5.97 Å². The first-order chi connectivity index (χ1) is 16.8. The van der Waals surface area contributed by atoms with Gasteiger partial charge in [-0.2, -0.15) is 5.10 Å². The van der Waals surface area contributed by atoms with Crippen molar-refractivity contribution in [3.05, 3.63) is 52.4 Å². The molecule has 4 rings (SSSR count). The summed E-state index contributed by atoms with van der Waals surface area (Å²) in [6, 6.07) is 5.53. The normalized spacial score (nSPS) is 17.9. The van der Waals surface area contributed by atoms with Gasteiger partial charge in [-0.25, -0.2) is 0 Å². The molecule has 186 valence electrons. The SMILES string of the molecule is CCCC(=O)c1cnn(C2CCC(NC(=O)c3cn(CC(=O)OC)c4ccc(Cl)cc34)CC2)c1C. The minimum Gasteiger partial charge on any atom is -0.468 e. The number of nitrogens with zero attached hydrogens (tertiary/aromatic N) is 3. The van der Waals surface area contributed by atoms with Crippen molar-refractivity contribution in [2.75, 3.05) is 7.11 Å². The Morgan fingerprint density at radius 2 is 1.91 bits per heavy atom. The van der Waals surface area contributed by atoms with Crippen molar-refractivity contribution in [3.63, 3.8) is 0 Å². The zero-order valence-corrected chi connectivity index (χ0v) is 21.1. The molecular weight excluding hydrogens is 468 g/mol. The van der Waals surface area contributed by atoms with E-state index >= 15 is 0 Å². The summed E-state index contributed by atoms with van der Waals surface area (Å²) in [7, 11) is 1.34. The second-order valence-electron chi connectivity index (χ2n) is 9.15. The van der Waals surface area contributed by atoms with Crippen molar-refractivity contribution in [3.8, 4) is 0 Å². The van der Waals surface area contributed by atoms with Crippen LogP contribution in [-0.2, 0) is 16.1 Å². The number of ketones is 1. The van der Waals surface area contributed by atoms with E-state index in [1.54, 1.807) is 35.2 Å². The van der Waals surface area contributed by atoms with Gasteiger partial charge in [0.2, 0.25) is 0 Å². The van der Waals surface area contributed by atoms with Crippen LogP contribution < -0.4 is 5.32 Å². The lowest BCUT2D eigenvalue weighted by Gasteiger charge is -2.30. The highest BCUT2D eigenvalue weighted by molar-refractivity contribution is 6.31. The van der Waals surface area contributed by atoms with Crippen LogP contribution in [-0.4, -0.2) is 45.2 Å². The number of amides is 1. The Morgan fingerprint density at radius 1 is 1.17 bits per heavy atom. The zero-order chi connectivity index (χ0) is 25.1. The van der Waals surface area contributed by atoms with E-state index in [-0.39, 0.29) is 30.3 Å². The molecule has 3 aromatic rings. The number of hydrogen-bond acceptors (Lipinski definition) is 5. The Bertz CT molecular complexity index is 1250. The van der Waals surface area contributed by atoms with Crippen LogP contribution >= 0.6 is 11.6 Å². The number of rotatable bonds is 8. The summed E-state index contributed by atoms with van der Waals surface area (Å²) in [6.45, 7) is 3.97. The maximum Gasteiger partial charge on any atom is 0.325 e. The van der Waals surface area contributed by atoms with Crippen molar-refractivity contribution >= 4 is 40.2 Å². The van der Waals surface area contributed by atoms with E-state index < -0.39 is 5.97 Å². The average molecular weight is 499 g/mol. The summed E-state index contributed by atoms with van der Waals surface area (Å²) < 4.78 is 8.47. The topological polar surface area (TPSA) is 95.2 Å². The molecule has 0 spiro atoms. The van der Waals surface area contributed by atoms with E-state index in [9.17, 15) is 14.4 Å². The Hall–Kier alpha value is -3.13. The number of hydrogen-bond donors (Lipinski definition) is 1. The van der Waals surface area contributed by atoms with Gasteiger partial charge in [-0.05, 0) is 57.2 Å². The second kappa shape index (κ2) is 10.6. The molecule has 1 fully saturated rings. The largest absolute Gasteiger partial charge is 0.468 e. The van der Waals surface area contributed by atoms with Crippen LogP contribution in [0.25, 0.3) is 10.9 Å². The standard InChI is InChI=1S/C26H31ClN4O4/c1-4-5-24(32)21-13-28-31(16(21)2)19-9-7-18(8-10-19)29-26(34)22-14-30(15-25(33)35-3)23-11-6-17(27)12-20(22)23/h6,11-14,18-19H,4-5,7-10,15H2,1-3H3,(H,29,34). The molecule has 0 unspecified atom stereocenters. The van der Waals surface area contributed by atoms with Crippen molar-refractivity contribution in [1.82, 2.24) is 19.7 Å². The fraction of sp³-hybridized carbons (Fsp3) is 0.462. The maximum absolute atomic E-state index is 13.2. The molecule has 9 heteroatoms. The van der Waals surface area contributed by atoms with Crippen LogP contribution in [0.5, 0.6) is 0 Å². The number of fused-ring (bicyclic) bond motifs is 1. The van der Waals surface area contributed by atoms with Crippen LogP contribution in [0, 0.1) is 6.92 Å². The monoisotopic (exact) mass is 498 g/mol. The van der Waals surface area contributed by atoms with Gasteiger partial charge in [0.1, 0.15) is 6.54 Å².